The van der Waals surface area contributed by atoms with Gasteiger partial charge in [0.1, 0.15) is 0 Å². The SMILES string of the molecule is B.C[P@](O)C(C)(C)C. The minimum absolute atomic E-state index is 0. The fraction of sp³-hybridized carbons (Fsp3) is 1.00. The second kappa shape index (κ2) is 3.47. The van der Waals surface area contributed by atoms with Gasteiger partial charge in [0.05, 0.1) is 8.41 Å². The van der Waals surface area contributed by atoms with Crippen LogP contribution in [0.2, 0.25) is 0 Å². The summed E-state index contributed by atoms with van der Waals surface area (Å²) in [7, 11) is -0.742. The number of hydrogen-bond acceptors (Lipinski definition) is 1. The van der Waals surface area contributed by atoms with Gasteiger partial charge in [-0.1, -0.05) is 20.8 Å². The van der Waals surface area contributed by atoms with Crippen molar-refractivity contribution in [3.8, 4) is 0 Å². The molecule has 0 unspecified atom stereocenters. The van der Waals surface area contributed by atoms with Gasteiger partial charge in [0.2, 0.25) is 0 Å². The fourth-order valence-electron chi connectivity index (χ4n) is 0. The zero-order chi connectivity index (χ0) is 6.08. The van der Waals surface area contributed by atoms with Crippen LogP contribution in [0.4, 0.5) is 0 Å². The molecule has 1 nitrogen and oxygen atoms in total. The van der Waals surface area contributed by atoms with Crippen LogP contribution in [0.15, 0.2) is 0 Å². The Kier molecular flexibility index (Phi) is 4.90. The molecule has 1 atom stereocenters. The van der Waals surface area contributed by atoms with Gasteiger partial charge >= 0.3 is 0 Å². The molecule has 0 aliphatic carbocycles. The Morgan fingerprint density at radius 3 is 1.38 bits per heavy atom. The lowest BCUT2D eigenvalue weighted by Gasteiger charge is -2.20. The summed E-state index contributed by atoms with van der Waals surface area (Å²) in [5.41, 5.74) is 0. The first-order valence-corrected chi connectivity index (χ1v) is 4.11. The predicted molar refractivity (Wildman–Crippen MR) is 44.8 cm³/mol. The topological polar surface area (TPSA) is 20.2 Å². The molecule has 0 rings (SSSR count). The van der Waals surface area contributed by atoms with Crippen LogP contribution >= 0.6 is 8.15 Å². The molecule has 0 spiro atoms. The van der Waals surface area contributed by atoms with Crippen LogP contribution in [-0.4, -0.2) is 25.1 Å². The quantitative estimate of drug-likeness (QED) is 0.380. The zero-order valence-corrected chi connectivity index (χ0v) is 6.29. The lowest BCUT2D eigenvalue weighted by molar-refractivity contribution is 0.584. The summed E-state index contributed by atoms with van der Waals surface area (Å²) in [6.45, 7) is 7.99. The third-order valence-corrected chi connectivity index (χ3v) is 2.91. The Morgan fingerprint density at radius 2 is 1.38 bits per heavy atom. The Bertz CT molecular complexity index is 57.9. The fourth-order valence-corrected chi connectivity index (χ4v) is 0. The molecule has 0 aromatic heterocycles. The summed E-state index contributed by atoms with van der Waals surface area (Å²) >= 11 is 0. The van der Waals surface area contributed by atoms with E-state index in [1.54, 1.807) is 0 Å². The third kappa shape index (κ3) is 4.61. The smallest absolute Gasteiger partial charge is 0.0814 e. The van der Waals surface area contributed by atoms with E-state index in [4.69, 9.17) is 4.89 Å². The molecule has 0 aliphatic rings. The van der Waals surface area contributed by atoms with Crippen molar-refractivity contribution in [2.45, 2.75) is 25.9 Å². The van der Waals surface area contributed by atoms with Gasteiger partial charge in [-0.25, -0.2) is 0 Å². The Labute approximate surface area is 54.9 Å². The van der Waals surface area contributed by atoms with Crippen molar-refractivity contribution in [1.29, 1.82) is 0 Å². The van der Waals surface area contributed by atoms with Crippen molar-refractivity contribution in [1.82, 2.24) is 0 Å². The van der Waals surface area contributed by atoms with E-state index in [-0.39, 0.29) is 13.6 Å². The molecule has 0 radical (unpaired) electrons. The normalized spacial score (nSPS) is 14.6. The molecule has 3 heteroatoms. The van der Waals surface area contributed by atoms with Crippen LogP contribution in [0.5, 0.6) is 0 Å². The van der Waals surface area contributed by atoms with Crippen molar-refractivity contribution in [3.05, 3.63) is 0 Å². The van der Waals surface area contributed by atoms with Gasteiger partial charge in [-0.2, -0.15) is 0 Å². The van der Waals surface area contributed by atoms with E-state index in [0.29, 0.717) is 0 Å². The Balaban J connectivity index is 0. The summed E-state index contributed by atoms with van der Waals surface area (Å²) in [6.07, 6.45) is 0. The summed E-state index contributed by atoms with van der Waals surface area (Å²) < 4.78 is 0. The highest BCUT2D eigenvalue weighted by Gasteiger charge is 2.16. The maximum atomic E-state index is 8.95. The van der Waals surface area contributed by atoms with Crippen molar-refractivity contribution in [2.24, 2.45) is 0 Å². The summed E-state index contributed by atoms with van der Waals surface area (Å²) in [4.78, 5) is 8.95. The van der Waals surface area contributed by atoms with Gasteiger partial charge in [0.15, 0.2) is 0 Å². The van der Waals surface area contributed by atoms with Gasteiger partial charge in [-0.3, -0.25) is 0 Å². The van der Waals surface area contributed by atoms with Crippen LogP contribution in [0.3, 0.4) is 0 Å². The van der Waals surface area contributed by atoms with Gasteiger partial charge in [-0.15, -0.1) is 0 Å². The average Bonchev–Trinajstić information content (AvgIpc) is 1.31. The molecule has 0 heterocycles. The van der Waals surface area contributed by atoms with E-state index in [9.17, 15) is 0 Å². The first-order valence-electron chi connectivity index (χ1n) is 2.37. The molecule has 0 fully saturated rings. The second-order valence-electron chi connectivity index (χ2n) is 2.69. The summed E-state index contributed by atoms with van der Waals surface area (Å²) in [5, 5.41) is 0.120. The highest BCUT2D eigenvalue weighted by Crippen LogP contribution is 2.40. The van der Waals surface area contributed by atoms with Crippen molar-refractivity contribution in [2.75, 3.05) is 6.66 Å². The first kappa shape index (κ1) is 11.3. The Hall–Kier alpha value is 0.455. The second-order valence-corrected chi connectivity index (χ2v) is 5.08. The van der Waals surface area contributed by atoms with Crippen LogP contribution in [-0.2, 0) is 0 Å². The minimum Gasteiger partial charge on any atom is -0.374 e. The predicted octanol–water partition coefficient (Wildman–Crippen LogP) is 0.620. The molecule has 50 valence electrons. The molecule has 0 aromatic rings. The molecule has 0 aromatic carbocycles. The zero-order valence-electron chi connectivity index (χ0n) is 5.39. The number of hydrogen-bond donors (Lipinski definition) is 1. The maximum Gasteiger partial charge on any atom is 0.0814 e. The van der Waals surface area contributed by atoms with Gasteiger partial charge < -0.3 is 4.89 Å². The molecule has 0 bridgehead atoms. The van der Waals surface area contributed by atoms with Crippen LogP contribution in [0.25, 0.3) is 0 Å². The Morgan fingerprint density at radius 1 is 1.25 bits per heavy atom. The van der Waals surface area contributed by atoms with E-state index >= 15 is 0 Å². The minimum atomic E-state index is -0.742. The van der Waals surface area contributed by atoms with Gasteiger partial charge in [0.25, 0.3) is 0 Å². The highest BCUT2D eigenvalue weighted by molar-refractivity contribution is 7.52. The maximum absolute atomic E-state index is 8.95. The van der Waals surface area contributed by atoms with E-state index in [1.165, 1.54) is 0 Å². The largest absolute Gasteiger partial charge is 0.374 e. The molecule has 1 N–H and O–H groups in total. The molecule has 0 saturated carbocycles. The average molecular weight is 134 g/mol. The van der Waals surface area contributed by atoms with Crippen molar-refractivity contribution < 1.29 is 4.89 Å². The van der Waals surface area contributed by atoms with Crippen molar-refractivity contribution in [3.63, 3.8) is 0 Å². The van der Waals surface area contributed by atoms with E-state index in [0.717, 1.165) is 0 Å². The lowest BCUT2D eigenvalue weighted by Crippen LogP contribution is -2.09. The van der Waals surface area contributed by atoms with E-state index in [2.05, 4.69) is 0 Å². The molecule has 0 saturated heterocycles. The summed E-state index contributed by atoms with van der Waals surface area (Å²) in [5.74, 6) is 0. The molecule has 0 amide bonds. The van der Waals surface area contributed by atoms with E-state index in [1.807, 2.05) is 27.4 Å². The third-order valence-electron chi connectivity index (χ3n) is 0.971. The lowest BCUT2D eigenvalue weighted by atomic mass is 10.3. The highest BCUT2D eigenvalue weighted by atomic mass is 31.1. The molecular formula is C5H16BOP. The molecular weight excluding hydrogens is 118 g/mol. The van der Waals surface area contributed by atoms with Gasteiger partial charge in [0, 0.05) is 13.3 Å². The standard InChI is InChI=1S/C5H13OP.BH3/c1-5(2,3)7(4)6;/h6H,1-4H3;1H3/t7-;/m0./s1. The first-order chi connectivity index (χ1) is 2.94. The monoisotopic (exact) mass is 134 g/mol. The van der Waals surface area contributed by atoms with Crippen LogP contribution in [0, 0.1) is 0 Å². The number of rotatable bonds is 0. The van der Waals surface area contributed by atoms with Crippen molar-refractivity contribution >= 4 is 16.6 Å². The molecule has 8 heavy (non-hydrogen) atoms. The van der Waals surface area contributed by atoms with Gasteiger partial charge in [-0.05, 0) is 6.66 Å². The summed E-state index contributed by atoms with van der Waals surface area (Å²) in [6, 6.07) is 0. The molecule has 0 aliphatic heterocycles. The van der Waals surface area contributed by atoms with E-state index < -0.39 is 8.15 Å². The van der Waals surface area contributed by atoms with Crippen LogP contribution in [0.1, 0.15) is 20.8 Å². The van der Waals surface area contributed by atoms with Crippen LogP contribution < -0.4 is 0 Å².